The Labute approximate surface area is 143 Å². The second-order valence-electron chi connectivity index (χ2n) is 5.17. The molecule has 0 radical (unpaired) electrons. The summed E-state index contributed by atoms with van der Waals surface area (Å²) in [4.78, 5) is 4.89. The molecule has 0 saturated carbocycles. The Hall–Kier alpha value is -0.980. The molecule has 0 atom stereocenters. The van der Waals surface area contributed by atoms with Gasteiger partial charge in [0.1, 0.15) is 0 Å². The minimum atomic E-state index is -3.20. The van der Waals surface area contributed by atoms with Gasteiger partial charge in [-0.25, -0.2) is 8.42 Å². The molecule has 3 nitrogen and oxygen atoms in total. The van der Waals surface area contributed by atoms with E-state index in [1.807, 2.05) is 18.2 Å². The maximum atomic E-state index is 11.9. The Kier molecular flexibility index (Phi) is 4.52. The quantitative estimate of drug-likeness (QED) is 0.712. The highest BCUT2D eigenvalue weighted by molar-refractivity contribution is 9.09. The van der Waals surface area contributed by atoms with Crippen LogP contribution in [-0.4, -0.2) is 26.5 Å². The maximum Gasteiger partial charge on any atom is 0.175 e. The largest absolute Gasteiger partial charge is 0.340 e. The fourth-order valence-electron chi connectivity index (χ4n) is 2.50. The number of rotatable bonds is 4. The number of alkyl halides is 1. The minimum Gasteiger partial charge on any atom is -0.340 e. The first-order valence-electron chi connectivity index (χ1n) is 6.95. The van der Waals surface area contributed by atoms with Crippen molar-refractivity contribution in [2.75, 3.05) is 23.0 Å². The molecule has 0 N–H and O–H groups in total. The molecule has 0 fully saturated rings. The van der Waals surface area contributed by atoms with Crippen LogP contribution in [0.3, 0.4) is 0 Å². The number of para-hydroxylation sites is 1. The first-order valence-corrected chi connectivity index (χ1v) is 10.8. The number of halogens is 1. The van der Waals surface area contributed by atoms with Crippen LogP contribution in [0.1, 0.15) is 6.42 Å². The van der Waals surface area contributed by atoms with Gasteiger partial charge in [0.2, 0.25) is 0 Å². The Bertz CT molecular complexity index is 806. The summed E-state index contributed by atoms with van der Waals surface area (Å²) in [5.41, 5.74) is 2.12. The fourth-order valence-corrected chi connectivity index (χ4v) is 4.47. The zero-order chi connectivity index (χ0) is 15.7. The maximum absolute atomic E-state index is 11.9. The van der Waals surface area contributed by atoms with Gasteiger partial charge in [0.25, 0.3) is 0 Å². The summed E-state index contributed by atoms with van der Waals surface area (Å²) in [6.07, 6.45) is 2.24. The van der Waals surface area contributed by atoms with E-state index in [-0.39, 0.29) is 0 Å². The molecule has 0 unspecified atom stereocenters. The minimum absolute atomic E-state index is 0.370. The van der Waals surface area contributed by atoms with Crippen molar-refractivity contribution in [2.45, 2.75) is 21.1 Å². The van der Waals surface area contributed by atoms with Gasteiger partial charge in [-0.2, -0.15) is 0 Å². The molecule has 116 valence electrons. The van der Waals surface area contributed by atoms with E-state index < -0.39 is 9.84 Å². The summed E-state index contributed by atoms with van der Waals surface area (Å²) in [7, 11) is -3.20. The van der Waals surface area contributed by atoms with E-state index in [0.717, 1.165) is 34.6 Å². The van der Waals surface area contributed by atoms with Crippen molar-refractivity contribution in [1.29, 1.82) is 0 Å². The monoisotopic (exact) mass is 397 g/mol. The van der Waals surface area contributed by atoms with Crippen LogP contribution >= 0.6 is 27.7 Å². The van der Waals surface area contributed by atoms with Gasteiger partial charge in [0, 0.05) is 27.9 Å². The molecule has 0 bridgehead atoms. The Balaban J connectivity index is 2.12. The van der Waals surface area contributed by atoms with Gasteiger partial charge in [-0.15, -0.1) is 0 Å². The summed E-state index contributed by atoms with van der Waals surface area (Å²) in [6.45, 7) is 0.850. The third kappa shape index (κ3) is 3.05. The zero-order valence-electron chi connectivity index (χ0n) is 12.1. The Morgan fingerprint density at radius 1 is 1.09 bits per heavy atom. The topological polar surface area (TPSA) is 37.4 Å². The molecule has 1 heterocycles. The van der Waals surface area contributed by atoms with Crippen molar-refractivity contribution in [2.24, 2.45) is 0 Å². The fraction of sp³-hybridized carbons (Fsp3) is 0.250. The molecule has 0 aliphatic carbocycles. The number of hydrogen-bond donors (Lipinski definition) is 0. The highest BCUT2D eigenvalue weighted by atomic mass is 79.9. The third-order valence-corrected chi connectivity index (χ3v) is 6.34. The number of fused-ring (bicyclic) bond motifs is 2. The van der Waals surface area contributed by atoms with Crippen molar-refractivity contribution in [3.05, 3.63) is 42.5 Å². The lowest BCUT2D eigenvalue weighted by molar-refractivity contribution is 0.602. The summed E-state index contributed by atoms with van der Waals surface area (Å²) in [5.74, 6) is 0. The molecule has 0 spiro atoms. The van der Waals surface area contributed by atoms with Gasteiger partial charge in [0.05, 0.1) is 16.3 Å². The number of anilines is 2. The lowest BCUT2D eigenvalue weighted by Crippen LogP contribution is -2.22. The highest BCUT2D eigenvalue weighted by Gasteiger charge is 2.24. The van der Waals surface area contributed by atoms with Crippen LogP contribution in [0.25, 0.3) is 0 Å². The second kappa shape index (κ2) is 6.26. The van der Waals surface area contributed by atoms with Crippen molar-refractivity contribution < 1.29 is 8.42 Å². The van der Waals surface area contributed by atoms with Crippen LogP contribution in [0.2, 0.25) is 0 Å². The van der Waals surface area contributed by atoms with Crippen LogP contribution in [0.15, 0.2) is 57.2 Å². The smallest absolute Gasteiger partial charge is 0.175 e. The van der Waals surface area contributed by atoms with E-state index in [0.29, 0.717) is 4.90 Å². The van der Waals surface area contributed by atoms with Crippen LogP contribution < -0.4 is 4.90 Å². The van der Waals surface area contributed by atoms with E-state index in [9.17, 15) is 8.42 Å². The SMILES string of the molecule is CS(=O)(=O)c1ccc2c(c1)N(CCCBr)c1ccccc1S2. The molecule has 22 heavy (non-hydrogen) atoms. The molecular weight excluding hydrogens is 382 g/mol. The van der Waals surface area contributed by atoms with Crippen molar-refractivity contribution in [1.82, 2.24) is 0 Å². The first-order chi connectivity index (χ1) is 10.5. The van der Waals surface area contributed by atoms with Crippen molar-refractivity contribution in [3.63, 3.8) is 0 Å². The summed E-state index contributed by atoms with van der Waals surface area (Å²) in [6, 6.07) is 13.6. The first kappa shape index (κ1) is 15.9. The number of nitrogens with zero attached hydrogens (tertiary/aromatic N) is 1. The molecule has 6 heteroatoms. The van der Waals surface area contributed by atoms with E-state index in [1.54, 1.807) is 23.9 Å². The molecule has 1 aliphatic heterocycles. The molecule has 0 saturated heterocycles. The van der Waals surface area contributed by atoms with Crippen LogP contribution in [0, 0.1) is 0 Å². The molecule has 0 amide bonds. The van der Waals surface area contributed by atoms with E-state index in [1.165, 1.54) is 11.2 Å². The average Bonchev–Trinajstić information content (AvgIpc) is 2.50. The number of hydrogen-bond acceptors (Lipinski definition) is 4. The van der Waals surface area contributed by atoms with Gasteiger partial charge in [-0.3, -0.25) is 0 Å². The lowest BCUT2D eigenvalue weighted by atomic mass is 10.2. The lowest BCUT2D eigenvalue weighted by Gasteiger charge is -2.33. The van der Waals surface area contributed by atoms with Crippen molar-refractivity contribution >= 4 is 48.9 Å². The van der Waals surface area contributed by atoms with Crippen LogP contribution in [0.5, 0.6) is 0 Å². The Morgan fingerprint density at radius 3 is 2.55 bits per heavy atom. The molecule has 0 aromatic heterocycles. The second-order valence-corrected chi connectivity index (χ2v) is 9.06. The molecule has 3 rings (SSSR count). The summed E-state index contributed by atoms with van der Waals surface area (Å²) < 4.78 is 23.7. The molecule has 1 aliphatic rings. The number of sulfone groups is 1. The molecule has 2 aromatic rings. The number of benzene rings is 2. The van der Waals surface area contributed by atoms with E-state index in [4.69, 9.17) is 0 Å². The van der Waals surface area contributed by atoms with Gasteiger partial charge in [-0.05, 0) is 36.8 Å². The predicted molar refractivity (Wildman–Crippen MR) is 95.5 cm³/mol. The zero-order valence-corrected chi connectivity index (χ0v) is 15.3. The third-order valence-electron chi connectivity index (χ3n) is 3.54. The van der Waals surface area contributed by atoms with Gasteiger partial charge in [0.15, 0.2) is 9.84 Å². The predicted octanol–water partition coefficient (Wildman–Crippen LogP) is 4.48. The summed E-state index contributed by atoms with van der Waals surface area (Å²) >= 11 is 5.17. The van der Waals surface area contributed by atoms with E-state index >= 15 is 0 Å². The van der Waals surface area contributed by atoms with Gasteiger partial charge < -0.3 is 4.90 Å². The standard InChI is InChI=1S/C16H16BrNO2S2/c1-22(19,20)12-7-8-16-14(11-12)18(10-4-9-17)13-5-2-3-6-15(13)21-16/h2-3,5-8,11H,4,9-10H2,1H3. The van der Waals surface area contributed by atoms with Gasteiger partial charge >= 0.3 is 0 Å². The van der Waals surface area contributed by atoms with Crippen molar-refractivity contribution in [3.8, 4) is 0 Å². The van der Waals surface area contributed by atoms with Gasteiger partial charge in [-0.1, -0.05) is 39.8 Å². The van der Waals surface area contributed by atoms with E-state index in [2.05, 4.69) is 33.0 Å². The molecule has 2 aromatic carbocycles. The normalized spacial score (nSPS) is 13.6. The Morgan fingerprint density at radius 2 is 1.82 bits per heavy atom. The van der Waals surface area contributed by atoms with Crippen LogP contribution in [0.4, 0.5) is 11.4 Å². The highest BCUT2D eigenvalue weighted by Crippen LogP contribution is 2.48. The van der Waals surface area contributed by atoms with Crippen LogP contribution in [-0.2, 0) is 9.84 Å². The summed E-state index contributed by atoms with van der Waals surface area (Å²) in [5, 5.41) is 0.917. The molecular formula is C16H16BrNO2S2. The average molecular weight is 398 g/mol.